The average Bonchev–Trinajstić information content (AvgIpc) is 2.10. The lowest BCUT2D eigenvalue weighted by molar-refractivity contribution is -0.141. The van der Waals surface area contributed by atoms with Crippen LogP contribution in [0.25, 0.3) is 0 Å². The largest absolute Gasteiger partial charge is 0.464 e. The Morgan fingerprint density at radius 1 is 1.46 bits per heavy atom. The first kappa shape index (κ1) is 14.9. The number of carbonyl (C=O) groups excluding carboxylic acids is 1. The third kappa shape index (κ3) is 11.4. The van der Waals surface area contributed by atoms with E-state index < -0.39 is 0 Å². The molecule has 0 aliphatic carbocycles. The summed E-state index contributed by atoms with van der Waals surface area (Å²) in [6.07, 6.45) is 4.47. The molecule has 0 spiro atoms. The molecule has 0 rings (SSSR count). The van der Waals surface area contributed by atoms with E-state index in [1.165, 1.54) is 0 Å². The zero-order chi connectivity index (χ0) is 9.23. The van der Waals surface area contributed by atoms with Crippen LogP contribution in [0.15, 0.2) is 12.2 Å². The maximum Gasteiger partial charge on any atom is 0.319 e. The van der Waals surface area contributed by atoms with Gasteiger partial charge in [-0.1, -0.05) is 12.2 Å². The van der Waals surface area contributed by atoms with Gasteiger partial charge in [0.25, 0.3) is 0 Å². The Labute approximate surface area is 84.5 Å². The maximum atomic E-state index is 10.5. The average molecular weight is 210 g/mol. The summed E-state index contributed by atoms with van der Waals surface area (Å²) in [4.78, 5) is 10.5. The van der Waals surface area contributed by atoms with Crippen molar-refractivity contribution in [2.75, 3.05) is 26.9 Å². The van der Waals surface area contributed by atoms with E-state index in [9.17, 15) is 4.79 Å². The molecule has 0 saturated carbocycles. The van der Waals surface area contributed by atoms with Crippen LogP contribution in [-0.4, -0.2) is 32.8 Å². The number of rotatable bonds is 6. The van der Waals surface area contributed by atoms with Crippen molar-refractivity contribution in [3.05, 3.63) is 12.2 Å². The van der Waals surface area contributed by atoms with Crippen molar-refractivity contribution in [1.82, 2.24) is 0 Å². The van der Waals surface area contributed by atoms with E-state index in [0.29, 0.717) is 19.6 Å². The third-order valence-corrected chi connectivity index (χ3v) is 1.14. The summed E-state index contributed by atoms with van der Waals surface area (Å²) < 4.78 is 9.49. The SMILES string of the molecule is COC/C=C/CCOC(=O)CN.Cl. The van der Waals surface area contributed by atoms with Gasteiger partial charge < -0.3 is 15.2 Å². The predicted molar refractivity (Wildman–Crippen MR) is 52.9 cm³/mol. The van der Waals surface area contributed by atoms with Gasteiger partial charge in [-0.15, -0.1) is 12.4 Å². The molecule has 2 N–H and O–H groups in total. The fraction of sp³-hybridized carbons (Fsp3) is 0.625. The minimum absolute atomic E-state index is 0. The van der Waals surface area contributed by atoms with Crippen LogP contribution in [0, 0.1) is 0 Å². The summed E-state index contributed by atoms with van der Waals surface area (Å²) >= 11 is 0. The first-order valence-electron chi connectivity index (χ1n) is 3.81. The lowest BCUT2D eigenvalue weighted by Crippen LogP contribution is -2.16. The number of halogens is 1. The van der Waals surface area contributed by atoms with E-state index in [4.69, 9.17) is 15.2 Å². The third-order valence-electron chi connectivity index (χ3n) is 1.14. The summed E-state index contributed by atoms with van der Waals surface area (Å²) in [7, 11) is 1.62. The lowest BCUT2D eigenvalue weighted by Gasteiger charge is -1.98. The van der Waals surface area contributed by atoms with Crippen LogP contribution < -0.4 is 5.73 Å². The zero-order valence-corrected chi connectivity index (χ0v) is 8.51. The Kier molecular flexibility index (Phi) is 13.1. The molecule has 0 aromatic heterocycles. The van der Waals surface area contributed by atoms with E-state index >= 15 is 0 Å². The molecule has 0 heterocycles. The van der Waals surface area contributed by atoms with Crippen molar-refractivity contribution in [3.63, 3.8) is 0 Å². The number of hydrogen-bond donors (Lipinski definition) is 1. The number of esters is 1. The van der Waals surface area contributed by atoms with E-state index in [1.54, 1.807) is 7.11 Å². The molecule has 0 aliphatic heterocycles. The molecule has 0 aromatic carbocycles. The highest BCUT2D eigenvalue weighted by molar-refractivity contribution is 5.85. The van der Waals surface area contributed by atoms with Crippen LogP contribution in [0.1, 0.15) is 6.42 Å². The molecule has 0 aromatic rings. The van der Waals surface area contributed by atoms with Gasteiger partial charge in [0.05, 0.1) is 19.8 Å². The highest BCUT2D eigenvalue weighted by atomic mass is 35.5. The van der Waals surface area contributed by atoms with Crippen LogP contribution in [0.3, 0.4) is 0 Å². The molecule has 0 amide bonds. The smallest absolute Gasteiger partial charge is 0.319 e. The van der Waals surface area contributed by atoms with Crippen LogP contribution >= 0.6 is 12.4 Å². The Balaban J connectivity index is 0. The van der Waals surface area contributed by atoms with Gasteiger partial charge in [0, 0.05) is 7.11 Å². The fourth-order valence-corrected chi connectivity index (χ4v) is 0.582. The summed E-state index contributed by atoms with van der Waals surface area (Å²) in [6, 6.07) is 0. The normalized spacial score (nSPS) is 9.69. The topological polar surface area (TPSA) is 61.5 Å². The number of nitrogens with two attached hydrogens (primary N) is 1. The van der Waals surface area contributed by atoms with Gasteiger partial charge in [-0.25, -0.2) is 0 Å². The van der Waals surface area contributed by atoms with E-state index in [-0.39, 0.29) is 24.9 Å². The summed E-state index contributed by atoms with van der Waals surface area (Å²) in [5.41, 5.74) is 5.02. The summed E-state index contributed by atoms with van der Waals surface area (Å²) in [5.74, 6) is -0.366. The lowest BCUT2D eigenvalue weighted by atomic mass is 10.4. The highest BCUT2D eigenvalue weighted by Crippen LogP contribution is 1.86. The number of carbonyl (C=O) groups is 1. The summed E-state index contributed by atoms with van der Waals surface area (Å²) in [6.45, 7) is 0.920. The fourth-order valence-electron chi connectivity index (χ4n) is 0.582. The quantitative estimate of drug-likeness (QED) is 0.393. The Morgan fingerprint density at radius 3 is 2.69 bits per heavy atom. The first-order valence-corrected chi connectivity index (χ1v) is 3.81. The van der Waals surface area contributed by atoms with Gasteiger partial charge in [0.2, 0.25) is 0 Å². The molecule has 0 atom stereocenters. The number of hydrogen-bond acceptors (Lipinski definition) is 4. The molecule has 5 heteroatoms. The standard InChI is InChI=1S/C8H15NO3.ClH/c1-11-5-3-2-4-6-12-8(10)7-9;/h2-3H,4-7,9H2,1H3;1H/b3-2+;. The van der Waals surface area contributed by atoms with Gasteiger partial charge in [-0.2, -0.15) is 0 Å². The van der Waals surface area contributed by atoms with Crippen molar-refractivity contribution in [3.8, 4) is 0 Å². The predicted octanol–water partition coefficient (Wildman–Crippen LogP) is 0.503. The van der Waals surface area contributed by atoms with Crippen molar-refractivity contribution in [2.24, 2.45) is 5.73 Å². The van der Waals surface area contributed by atoms with E-state index in [2.05, 4.69) is 0 Å². The molecule has 0 aliphatic rings. The summed E-state index contributed by atoms with van der Waals surface area (Å²) in [5, 5.41) is 0. The highest BCUT2D eigenvalue weighted by Gasteiger charge is 1.94. The molecule has 0 saturated heterocycles. The molecule has 0 unspecified atom stereocenters. The van der Waals surface area contributed by atoms with Crippen molar-refractivity contribution < 1.29 is 14.3 Å². The van der Waals surface area contributed by atoms with Gasteiger partial charge in [-0.3, -0.25) is 4.79 Å². The molecular weight excluding hydrogens is 194 g/mol. The Bertz CT molecular complexity index is 150. The molecular formula is C8H16ClNO3. The van der Waals surface area contributed by atoms with Crippen molar-refractivity contribution in [1.29, 1.82) is 0 Å². The molecule has 4 nitrogen and oxygen atoms in total. The Hall–Kier alpha value is -0.580. The number of methoxy groups -OCH3 is 1. The second-order valence-corrected chi connectivity index (χ2v) is 2.14. The second kappa shape index (κ2) is 11.4. The number of ether oxygens (including phenoxy) is 2. The zero-order valence-electron chi connectivity index (χ0n) is 7.69. The van der Waals surface area contributed by atoms with Gasteiger partial charge in [-0.05, 0) is 6.42 Å². The molecule has 78 valence electrons. The monoisotopic (exact) mass is 209 g/mol. The second-order valence-electron chi connectivity index (χ2n) is 2.14. The van der Waals surface area contributed by atoms with Gasteiger partial charge in [0.15, 0.2) is 0 Å². The van der Waals surface area contributed by atoms with Crippen molar-refractivity contribution >= 4 is 18.4 Å². The molecule has 0 bridgehead atoms. The van der Waals surface area contributed by atoms with Crippen LogP contribution in [0.4, 0.5) is 0 Å². The first-order chi connectivity index (χ1) is 5.81. The van der Waals surface area contributed by atoms with Crippen LogP contribution in [0.5, 0.6) is 0 Å². The molecule has 13 heavy (non-hydrogen) atoms. The van der Waals surface area contributed by atoms with E-state index in [1.807, 2.05) is 12.2 Å². The minimum Gasteiger partial charge on any atom is -0.464 e. The van der Waals surface area contributed by atoms with Gasteiger partial charge >= 0.3 is 5.97 Å². The van der Waals surface area contributed by atoms with Gasteiger partial charge in [0.1, 0.15) is 0 Å². The minimum atomic E-state index is -0.366. The van der Waals surface area contributed by atoms with Crippen LogP contribution in [0.2, 0.25) is 0 Å². The van der Waals surface area contributed by atoms with Crippen molar-refractivity contribution in [2.45, 2.75) is 6.42 Å². The molecule has 0 fully saturated rings. The van der Waals surface area contributed by atoms with E-state index in [0.717, 1.165) is 0 Å². The maximum absolute atomic E-state index is 10.5. The Morgan fingerprint density at radius 2 is 2.15 bits per heavy atom. The molecule has 0 radical (unpaired) electrons. The van der Waals surface area contributed by atoms with Crippen LogP contribution in [-0.2, 0) is 14.3 Å².